The molecule has 0 spiro atoms. The Kier molecular flexibility index (Phi) is 5.59. The van der Waals surface area contributed by atoms with Gasteiger partial charge >= 0.3 is 0 Å². The normalized spacial score (nSPS) is 16.7. The van der Waals surface area contributed by atoms with E-state index >= 15 is 0 Å². The van der Waals surface area contributed by atoms with E-state index in [9.17, 15) is 4.79 Å². The SMILES string of the molecule is CC(=O)NC(c1nc(CCc2ccccc2)no1)C1CCOCC1. The number of rotatable bonds is 6. The van der Waals surface area contributed by atoms with Gasteiger partial charge < -0.3 is 14.6 Å². The van der Waals surface area contributed by atoms with Gasteiger partial charge in [-0.15, -0.1) is 0 Å². The summed E-state index contributed by atoms with van der Waals surface area (Å²) in [6.45, 7) is 2.92. The number of nitrogens with zero attached hydrogens (tertiary/aromatic N) is 2. The maximum absolute atomic E-state index is 11.6. The van der Waals surface area contributed by atoms with Crippen molar-refractivity contribution in [2.75, 3.05) is 13.2 Å². The van der Waals surface area contributed by atoms with E-state index in [0.29, 0.717) is 31.3 Å². The number of carbonyl (C=O) groups is 1. The van der Waals surface area contributed by atoms with Gasteiger partial charge in [0.15, 0.2) is 5.82 Å². The van der Waals surface area contributed by atoms with Crippen LogP contribution in [0.1, 0.15) is 43.1 Å². The fraction of sp³-hybridized carbons (Fsp3) is 0.500. The third-order valence-corrected chi connectivity index (χ3v) is 4.33. The lowest BCUT2D eigenvalue weighted by molar-refractivity contribution is -0.120. The first kappa shape index (κ1) is 16.6. The Morgan fingerprint density at radius 3 is 2.71 bits per heavy atom. The van der Waals surface area contributed by atoms with E-state index in [1.54, 1.807) is 0 Å². The summed E-state index contributed by atoms with van der Waals surface area (Å²) < 4.78 is 10.9. The highest BCUT2D eigenvalue weighted by molar-refractivity contribution is 5.73. The Labute approximate surface area is 141 Å². The first-order valence-corrected chi connectivity index (χ1v) is 8.43. The monoisotopic (exact) mass is 329 g/mol. The maximum atomic E-state index is 11.6. The fourth-order valence-electron chi connectivity index (χ4n) is 3.05. The van der Waals surface area contributed by atoms with Gasteiger partial charge in [0.25, 0.3) is 0 Å². The number of hydrogen-bond acceptors (Lipinski definition) is 5. The average Bonchev–Trinajstić information content (AvgIpc) is 3.08. The summed E-state index contributed by atoms with van der Waals surface area (Å²) in [6, 6.07) is 9.99. The Balaban J connectivity index is 1.67. The van der Waals surface area contributed by atoms with E-state index in [0.717, 1.165) is 19.3 Å². The highest BCUT2D eigenvalue weighted by atomic mass is 16.5. The Morgan fingerprint density at radius 1 is 1.25 bits per heavy atom. The molecule has 1 aliphatic heterocycles. The van der Waals surface area contributed by atoms with Crippen molar-refractivity contribution in [2.45, 2.75) is 38.6 Å². The second-order valence-electron chi connectivity index (χ2n) is 6.16. The van der Waals surface area contributed by atoms with Gasteiger partial charge in [0.05, 0.1) is 0 Å². The van der Waals surface area contributed by atoms with E-state index in [2.05, 4.69) is 27.6 Å². The third-order valence-electron chi connectivity index (χ3n) is 4.33. The predicted molar refractivity (Wildman–Crippen MR) is 88.2 cm³/mol. The topological polar surface area (TPSA) is 77.3 Å². The van der Waals surface area contributed by atoms with E-state index in [1.165, 1.54) is 12.5 Å². The molecule has 3 rings (SSSR count). The first-order valence-electron chi connectivity index (χ1n) is 8.43. The number of nitrogens with one attached hydrogen (secondary N) is 1. The highest BCUT2D eigenvalue weighted by Crippen LogP contribution is 2.29. The molecule has 0 aliphatic carbocycles. The summed E-state index contributed by atoms with van der Waals surface area (Å²) >= 11 is 0. The van der Waals surface area contributed by atoms with Gasteiger partial charge in [-0.3, -0.25) is 4.79 Å². The molecule has 1 aliphatic rings. The molecule has 0 radical (unpaired) electrons. The minimum atomic E-state index is -0.232. The van der Waals surface area contributed by atoms with Crippen molar-refractivity contribution in [1.29, 1.82) is 0 Å². The Bertz CT molecular complexity index is 651. The molecule has 0 bridgehead atoms. The van der Waals surface area contributed by atoms with Crippen LogP contribution in [0.5, 0.6) is 0 Å². The number of amides is 1. The molecule has 1 fully saturated rings. The van der Waals surface area contributed by atoms with E-state index < -0.39 is 0 Å². The van der Waals surface area contributed by atoms with Crippen molar-refractivity contribution in [3.8, 4) is 0 Å². The summed E-state index contributed by atoms with van der Waals surface area (Å²) in [5.41, 5.74) is 1.24. The van der Waals surface area contributed by atoms with Crippen LogP contribution in [0.2, 0.25) is 0 Å². The lowest BCUT2D eigenvalue weighted by Crippen LogP contribution is -2.35. The fourth-order valence-corrected chi connectivity index (χ4v) is 3.05. The van der Waals surface area contributed by atoms with Crippen molar-refractivity contribution in [2.24, 2.45) is 5.92 Å². The van der Waals surface area contributed by atoms with E-state index in [4.69, 9.17) is 9.26 Å². The molecule has 1 aromatic carbocycles. The standard InChI is InChI=1S/C18H23N3O3/c1-13(22)19-17(15-9-11-23-12-10-15)18-20-16(21-24-18)8-7-14-5-3-2-4-6-14/h2-6,15,17H,7-12H2,1H3,(H,19,22). The summed E-state index contributed by atoms with van der Waals surface area (Å²) in [6.07, 6.45) is 3.34. The van der Waals surface area contributed by atoms with Crippen LogP contribution in [0.25, 0.3) is 0 Å². The molecule has 6 heteroatoms. The van der Waals surface area contributed by atoms with Crippen molar-refractivity contribution < 1.29 is 14.1 Å². The van der Waals surface area contributed by atoms with Crippen LogP contribution in [0.4, 0.5) is 0 Å². The highest BCUT2D eigenvalue weighted by Gasteiger charge is 2.30. The van der Waals surface area contributed by atoms with Crippen molar-refractivity contribution >= 4 is 5.91 Å². The van der Waals surface area contributed by atoms with Gasteiger partial charge in [-0.05, 0) is 30.7 Å². The molecular weight excluding hydrogens is 306 g/mol. The van der Waals surface area contributed by atoms with Crippen LogP contribution in [-0.2, 0) is 22.4 Å². The predicted octanol–water partition coefficient (Wildman–Crippen LogP) is 2.46. The molecule has 6 nitrogen and oxygen atoms in total. The van der Waals surface area contributed by atoms with Gasteiger partial charge in [0, 0.05) is 26.6 Å². The Morgan fingerprint density at radius 2 is 2.00 bits per heavy atom. The van der Waals surface area contributed by atoms with Crippen LogP contribution in [0, 0.1) is 5.92 Å². The van der Waals surface area contributed by atoms with Crippen LogP contribution >= 0.6 is 0 Å². The average molecular weight is 329 g/mol. The minimum absolute atomic E-state index is 0.0875. The summed E-state index contributed by atoms with van der Waals surface area (Å²) in [4.78, 5) is 16.1. The third kappa shape index (κ3) is 4.41. The zero-order valence-electron chi connectivity index (χ0n) is 13.9. The molecule has 1 aromatic heterocycles. The van der Waals surface area contributed by atoms with Gasteiger partial charge in [-0.25, -0.2) is 0 Å². The largest absolute Gasteiger partial charge is 0.381 e. The molecular formula is C18H23N3O3. The molecule has 128 valence electrons. The maximum Gasteiger partial charge on any atom is 0.249 e. The van der Waals surface area contributed by atoms with Crippen molar-refractivity contribution in [3.05, 3.63) is 47.6 Å². The molecule has 1 unspecified atom stereocenters. The van der Waals surface area contributed by atoms with E-state index in [1.807, 2.05) is 18.2 Å². The molecule has 1 saturated heterocycles. The van der Waals surface area contributed by atoms with Gasteiger partial charge in [-0.2, -0.15) is 4.98 Å². The van der Waals surface area contributed by atoms with Crippen LogP contribution in [0.15, 0.2) is 34.9 Å². The second kappa shape index (κ2) is 8.06. The number of benzene rings is 1. The first-order chi connectivity index (χ1) is 11.7. The number of carbonyl (C=O) groups excluding carboxylic acids is 1. The minimum Gasteiger partial charge on any atom is -0.381 e. The summed E-state index contributed by atoms with van der Waals surface area (Å²) in [7, 11) is 0. The molecule has 24 heavy (non-hydrogen) atoms. The van der Waals surface area contributed by atoms with E-state index in [-0.39, 0.29) is 17.9 Å². The van der Waals surface area contributed by atoms with Gasteiger partial charge in [0.1, 0.15) is 6.04 Å². The van der Waals surface area contributed by atoms with Crippen LogP contribution in [0.3, 0.4) is 0 Å². The zero-order chi connectivity index (χ0) is 16.8. The number of hydrogen-bond donors (Lipinski definition) is 1. The van der Waals surface area contributed by atoms with Crippen molar-refractivity contribution in [1.82, 2.24) is 15.5 Å². The van der Waals surface area contributed by atoms with Crippen LogP contribution < -0.4 is 5.32 Å². The molecule has 1 atom stereocenters. The lowest BCUT2D eigenvalue weighted by atomic mass is 9.91. The molecule has 2 heterocycles. The molecule has 2 aromatic rings. The number of aryl methyl sites for hydroxylation is 2. The zero-order valence-corrected chi connectivity index (χ0v) is 13.9. The van der Waals surface area contributed by atoms with Crippen molar-refractivity contribution in [3.63, 3.8) is 0 Å². The summed E-state index contributed by atoms with van der Waals surface area (Å²) in [5, 5.41) is 7.05. The van der Waals surface area contributed by atoms with Gasteiger partial charge in [-0.1, -0.05) is 35.5 Å². The quantitative estimate of drug-likeness (QED) is 0.881. The summed E-state index contributed by atoms with van der Waals surface area (Å²) in [5.74, 6) is 1.36. The number of aromatic nitrogens is 2. The molecule has 1 N–H and O–H groups in total. The molecule has 0 saturated carbocycles. The smallest absolute Gasteiger partial charge is 0.249 e. The lowest BCUT2D eigenvalue weighted by Gasteiger charge is -2.28. The number of ether oxygens (including phenoxy) is 1. The Hall–Kier alpha value is -2.21. The second-order valence-corrected chi connectivity index (χ2v) is 6.16. The van der Waals surface area contributed by atoms with Crippen LogP contribution in [-0.4, -0.2) is 29.3 Å². The van der Waals surface area contributed by atoms with Gasteiger partial charge in [0.2, 0.25) is 11.8 Å². The molecule has 1 amide bonds.